The zero-order valence-corrected chi connectivity index (χ0v) is 10.3. The van der Waals surface area contributed by atoms with Gasteiger partial charge in [0, 0.05) is 6.42 Å². The van der Waals surface area contributed by atoms with Crippen molar-refractivity contribution in [2.24, 2.45) is 5.92 Å². The lowest BCUT2D eigenvalue weighted by Crippen LogP contribution is -2.29. The number of hydrogen-bond acceptors (Lipinski definition) is 4. The third kappa shape index (κ3) is 3.26. The number of aliphatic carboxylic acids is 1. The Kier molecular flexibility index (Phi) is 3.42. The maximum atomic E-state index is 11.7. The molecular formula is C11H14N2O3S. The van der Waals surface area contributed by atoms with Crippen LogP contribution >= 0.6 is 11.3 Å². The first-order chi connectivity index (χ1) is 8.06. The summed E-state index contributed by atoms with van der Waals surface area (Å²) in [6.45, 7) is 1.43. The van der Waals surface area contributed by atoms with Gasteiger partial charge in [0.1, 0.15) is 11.4 Å². The van der Waals surface area contributed by atoms with Crippen molar-refractivity contribution >= 4 is 23.2 Å². The van der Waals surface area contributed by atoms with Gasteiger partial charge in [-0.2, -0.15) is 0 Å². The summed E-state index contributed by atoms with van der Waals surface area (Å²) in [7, 11) is 0. The van der Waals surface area contributed by atoms with Gasteiger partial charge in [0.2, 0.25) is 0 Å². The average molecular weight is 254 g/mol. The fraction of sp³-hybridized carbons (Fsp3) is 0.545. The SMILES string of the molecule is Cc1nc(CC2CC2)sc1C(=O)NCC(=O)O. The Bertz CT molecular complexity index is 452. The molecule has 0 aliphatic heterocycles. The van der Waals surface area contributed by atoms with E-state index in [1.165, 1.54) is 24.2 Å². The molecule has 1 saturated carbocycles. The molecule has 1 amide bonds. The van der Waals surface area contributed by atoms with Crippen molar-refractivity contribution in [1.82, 2.24) is 10.3 Å². The number of aryl methyl sites for hydroxylation is 1. The van der Waals surface area contributed by atoms with E-state index in [-0.39, 0.29) is 12.5 Å². The van der Waals surface area contributed by atoms with Crippen molar-refractivity contribution in [2.45, 2.75) is 26.2 Å². The highest BCUT2D eigenvalue weighted by molar-refractivity contribution is 7.13. The third-order valence-electron chi connectivity index (χ3n) is 2.61. The normalized spacial score (nSPS) is 14.6. The molecule has 0 radical (unpaired) electrons. The Morgan fingerprint density at radius 3 is 2.82 bits per heavy atom. The number of nitrogens with one attached hydrogen (secondary N) is 1. The molecule has 2 rings (SSSR count). The van der Waals surface area contributed by atoms with Crippen LogP contribution in [0.2, 0.25) is 0 Å². The van der Waals surface area contributed by atoms with Crippen LogP contribution in [0.4, 0.5) is 0 Å². The molecule has 0 aromatic carbocycles. The molecule has 0 atom stereocenters. The lowest BCUT2D eigenvalue weighted by atomic mass is 10.3. The van der Waals surface area contributed by atoms with Crippen molar-refractivity contribution < 1.29 is 14.7 Å². The van der Waals surface area contributed by atoms with Crippen LogP contribution in [-0.2, 0) is 11.2 Å². The minimum atomic E-state index is -1.04. The highest BCUT2D eigenvalue weighted by atomic mass is 32.1. The van der Waals surface area contributed by atoms with E-state index in [4.69, 9.17) is 5.11 Å². The van der Waals surface area contributed by atoms with E-state index in [9.17, 15) is 9.59 Å². The van der Waals surface area contributed by atoms with Crippen LogP contribution in [-0.4, -0.2) is 28.5 Å². The monoisotopic (exact) mass is 254 g/mol. The number of carbonyl (C=O) groups is 2. The van der Waals surface area contributed by atoms with Gasteiger partial charge in [-0.3, -0.25) is 9.59 Å². The molecule has 0 spiro atoms. The van der Waals surface area contributed by atoms with Crippen LogP contribution < -0.4 is 5.32 Å². The van der Waals surface area contributed by atoms with E-state index in [1.54, 1.807) is 6.92 Å². The second kappa shape index (κ2) is 4.83. The van der Waals surface area contributed by atoms with Gasteiger partial charge >= 0.3 is 5.97 Å². The van der Waals surface area contributed by atoms with E-state index in [2.05, 4.69) is 10.3 Å². The summed E-state index contributed by atoms with van der Waals surface area (Å²) < 4.78 is 0. The van der Waals surface area contributed by atoms with Gasteiger partial charge in [-0.05, 0) is 25.7 Å². The predicted molar refractivity (Wildman–Crippen MR) is 63.2 cm³/mol. The standard InChI is InChI=1S/C11H14N2O3S/c1-6-10(11(16)12-5-9(14)15)17-8(13-6)4-7-2-3-7/h7H,2-5H2,1H3,(H,12,16)(H,14,15). The summed E-state index contributed by atoms with van der Waals surface area (Å²) in [5.74, 6) is -0.654. The summed E-state index contributed by atoms with van der Waals surface area (Å²) >= 11 is 1.37. The first kappa shape index (κ1) is 12.0. The summed E-state index contributed by atoms with van der Waals surface area (Å²) in [4.78, 5) is 26.9. The topological polar surface area (TPSA) is 79.3 Å². The molecule has 2 N–H and O–H groups in total. The maximum absolute atomic E-state index is 11.7. The second-order valence-corrected chi connectivity index (χ2v) is 5.33. The summed E-state index contributed by atoms with van der Waals surface area (Å²) in [6.07, 6.45) is 3.44. The average Bonchev–Trinajstić information content (AvgIpc) is 2.98. The number of carboxylic acids is 1. The molecule has 1 aliphatic rings. The Morgan fingerprint density at radius 2 is 2.24 bits per heavy atom. The molecule has 1 aromatic heterocycles. The molecule has 0 unspecified atom stereocenters. The lowest BCUT2D eigenvalue weighted by molar-refractivity contribution is -0.135. The third-order valence-corrected chi connectivity index (χ3v) is 3.79. The number of aromatic nitrogens is 1. The van der Waals surface area contributed by atoms with Crippen LogP contribution in [0.5, 0.6) is 0 Å². The van der Waals surface area contributed by atoms with Gasteiger partial charge in [0.15, 0.2) is 0 Å². The molecule has 17 heavy (non-hydrogen) atoms. The highest BCUT2D eigenvalue weighted by Gasteiger charge is 2.24. The smallest absolute Gasteiger partial charge is 0.322 e. The van der Waals surface area contributed by atoms with Crippen molar-refractivity contribution in [3.8, 4) is 0 Å². The molecule has 6 heteroatoms. The molecule has 92 valence electrons. The molecule has 1 aliphatic carbocycles. The van der Waals surface area contributed by atoms with Crippen LogP contribution in [0.3, 0.4) is 0 Å². The van der Waals surface area contributed by atoms with Gasteiger partial charge in [-0.25, -0.2) is 4.98 Å². The first-order valence-corrected chi connectivity index (χ1v) is 6.34. The van der Waals surface area contributed by atoms with Crippen LogP contribution in [0.25, 0.3) is 0 Å². The number of nitrogens with zero attached hydrogens (tertiary/aromatic N) is 1. The number of amides is 1. The summed E-state index contributed by atoms with van der Waals surface area (Å²) in [6, 6.07) is 0. The Balaban J connectivity index is 2.00. The van der Waals surface area contributed by atoms with Crippen molar-refractivity contribution in [3.63, 3.8) is 0 Å². The van der Waals surface area contributed by atoms with E-state index in [1.807, 2.05) is 0 Å². The summed E-state index contributed by atoms with van der Waals surface area (Å²) in [5, 5.41) is 11.8. The molecule has 0 saturated heterocycles. The Hall–Kier alpha value is -1.43. The zero-order chi connectivity index (χ0) is 12.4. The fourth-order valence-electron chi connectivity index (χ4n) is 1.56. The predicted octanol–water partition coefficient (Wildman–Crippen LogP) is 1.22. The van der Waals surface area contributed by atoms with Crippen LogP contribution in [0, 0.1) is 12.8 Å². The molecular weight excluding hydrogens is 240 g/mol. The van der Waals surface area contributed by atoms with Gasteiger partial charge in [-0.15, -0.1) is 11.3 Å². The minimum Gasteiger partial charge on any atom is -0.480 e. The minimum absolute atomic E-state index is 0.343. The van der Waals surface area contributed by atoms with Gasteiger partial charge < -0.3 is 10.4 Å². The van der Waals surface area contributed by atoms with Crippen molar-refractivity contribution in [3.05, 3.63) is 15.6 Å². The van der Waals surface area contributed by atoms with Gasteiger partial charge in [-0.1, -0.05) is 0 Å². The summed E-state index contributed by atoms with van der Waals surface area (Å²) in [5.41, 5.74) is 0.688. The number of carboxylic acid groups (broad SMARTS) is 1. The molecule has 0 bridgehead atoms. The van der Waals surface area contributed by atoms with Crippen LogP contribution in [0.1, 0.15) is 33.2 Å². The van der Waals surface area contributed by atoms with Gasteiger partial charge in [0.05, 0.1) is 10.7 Å². The Labute approximate surface area is 103 Å². The van der Waals surface area contributed by atoms with Crippen molar-refractivity contribution in [1.29, 1.82) is 0 Å². The molecule has 1 heterocycles. The highest BCUT2D eigenvalue weighted by Crippen LogP contribution is 2.34. The van der Waals surface area contributed by atoms with E-state index in [0.717, 1.165) is 17.3 Å². The number of hydrogen-bond donors (Lipinski definition) is 2. The molecule has 1 aromatic rings. The van der Waals surface area contributed by atoms with E-state index < -0.39 is 5.97 Å². The Morgan fingerprint density at radius 1 is 1.53 bits per heavy atom. The zero-order valence-electron chi connectivity index (χ0n) is 9.52. The van der Waals surface area contributed by atoms with E-state index in [0.29, 0.717) is 10.6 Å². The first-order valence-electron chi connectivity index (χ1n) is 5.52. The van der Waals surface area contributed by atoms with E-state index >= 15 is 0 Å². The fourth-order valence-corrected chi connectivity index (χ4v) is 2.65. The molecule has 1 fully saturated rings. The second-order valence-electron chi connectivity index (χ2n) is 4.25. The van der Waals surface area contributed by atoms with Gasteiger partial charge in [0.25, 0.3) is 5.91 Å². The molecule has 5 nitrogen and oxygen atoms in total. The van der Waals surface area contributed by atoms with Crippen LogP contribution in [0.15, 0.2) is 0 Å². The number of rotatable bonds is 5. The maximum Gasteiger partial charge on any atom is 0.322 e. The number of thiazole rings is 1. The lowest BCUT2D eigenvalue weighted by Gasteiger charge is -1.99. The number of carbonyl (C=O) groups excluding carboxylic acids is 1. The largest absolute Gasteiger partial charge is 0.480 e. The van der Waals surface area contributed by atoms with Crippen molar-refractivity contribution in [2.75, 3.05) is 6.54 Å². The quantitative estimate of drug-likeness (QED) is 0.828.